The summed E-state index contributed by atoms with van der Waals surface area (Å²) in [5.74, 6) is 2.04. The number of hydrogen-bond donors (Lipinski definition) is 1. The first kappa shape index (κ1) is 13.1. The molecular weight excluding hydrogens is 226 g/mol. The maximum absolute atomic E-state index is 5.69. The van der Waals surface area contributed by atoms with Gasteiger partial charge in [-0.25, -0.2) is 4.98 Å². The van der Waals surface area contributed by atoms with Crippen LogP contribution < -0.4 is 10.6 Å². The summed E-state index contributed by atoms with van der Waals surface area (Å²) in [5.41, 5.74) is 6.62. The summed E-state index contributed by atoms with van der Waals surface area (Å²) in [6.45, 7) is 5.39. The smallest absolute Gasteiger partial charge is 0.222 e. The highest BCUT2D eigenvalue weighted by atomic mass is 15.2. The first-order valence-electron chi connectivity index (χ1n) is 6.55. The molecular formula is C13H23N5. The molecule has 1 aliphatic rings. The Morgan fingerprint density at radius 2 is 2.06 bits per heavy atom. The number of nitrogens with zero attached hydrogens (tertiary/aromatic N) is 4. The van der Waals surface area contributed by atoms with Crippen LogP contribution >= 0.6 is 0 Å². The first-order valence-corrected chi connectivity index (χ1v) is 6.55. The fourth-order valence-electron chi connectivity index (χ4n) is 2.50. The lowest BCUT2D eigenvalue weighted by molar-refractivity contribution is 0.222. The lowest BCUT2D eigenvalue weighted by atomic mass is 9.97. The summed E-state index contributed by atoms with van der Waals surface area (Å²) in [4.78, 5) is 13.0. The van der Waals surface area contributed by atoms with Crippen LogP contribution in [0.4, 0.5) is 11.8 Å². The molecule has 100 valence electrons. The lowest BCUT2D eigenvalue weighted by Crippen LogP contribution is -2.36. The largest absolute Gasteiger partial charge is 0.368 e. The second kappa shape index (κ2) is 5.52. The van der Waals surface area contributed by atoms with Crippen LogP contribution in [-0.2, 0) is 0 Å². The van der Waals surface area contributed by atoms with Crippen LogP contribution in [-0.4, -0.2) is 48.6 Å². The van der Waals surface area contributed by atoms with Crippen molar-refractivity contribution in [1.29, 1.82) is 0 Å². The number of rotatable bonds is 3. The van der Waals surface area contributed by atoms with Gasteiger partial charge in [0.25, 0.3) is 0 Å². The van der Waals surface area contributed by atoms with Crippen molar-refractivity contribution in [3.05, 3.63) is 11.8 Å². The van der Waals surface area contributed by atoms with Crippen LogP contribution in [0.1, 0.15) is 18.5 Å². The number of likely N-dealkylation sites (tertiary alicyclic amines) is 1. The molecule has 0 aromatic carbocycles. The van der Waals surface area contributed by atoms with Crippen molar-refractivity contribution >= 4 is 11.8 Å². The lowest BCUT2D eigenvalue weighted by Gasteiger charge is -2.32. The first-order chi connectivity index (χ1) is 8.54. The van der Waals surface area contributed by atoms with E-state index in [4.69, 9.17) is 5.73 Å². The fraction of sp³-hybridized carbons (Fsp3) is 0.692. The molecule has 5 heteroatoms. The topological polar surface area (TPSA) is 58.3 Å². The molecule has 2 rings (SSSR count). The molecule has 0 unspecified atom stereocenters. The summed E-state index contributed by atoms with van der Waals surface area (Å²) in [5, 5.41) is 0. The molecule has 2 heterocycles. The summed E-state index contributed by atoms with van der Waals surface area (Å²) in [6, 6.07) is 1.99. The molecule has 1 aromatic heterocycles. The van der Waals surface area contributed by atoms with Gasteiger partial charge in [0.05, 0.1) is 0 Å². The molecule has 1 saturated heterocycles. The highest BCUT2D eigenvalue weighted by Crippen LogP contribution is 2.20. The van der Waals surface area contributed by atoms with E-state index in [0.29, 0.717) is 5.95 Å². The molecule has 2 N–H and O–H groups in total. The maximum atomic E-state index is 5.69. The zero-order chi connectivity index (χ0) is 13.1. The van der Waals surface area contributed by atoms with Gasteiger partial charge >= 0.3 is 0 Å². The van der Waals surface area contributed by atoms with Crippen molar-refractivity contribution in [2.75, 3.05) is 44.4 Å². The highest BCUT2D eigenvalue weighted by Gasteiger charge is 2.18. The Bertz CT molecular complexity index is 378. The third-order valence-electron chi connectivity index (χ3n) is 3.62. The Morgan fingerprint density at radius 1 is 1.39 bits per heavy atom. The Balaban J connectivity index is 1.96. The van der Waals surface area contributed by atoms with Crippen molar-refractivity contribution in [2.45, 2.75) is 19.8 Å². The number of aromatic nitrogens is 2. The summed E-state index contributed by atoms with van der Waals surface area (Å²) in [7, 11) is 4.27. The Morgan fingerprint density at radius 3 is 2.67 bits per heavy atom. The Hall–Kier alpha value is -1.36. The van der Waals surface area contributed by atoms with Crippen LogP contribution in [0.3, 0.4) is 0 Å². The second-order valence-electron chi connectivity index (χ2n) is 5.35. The fourth-order valence-corrected chi connectivity index (χ4v) is 2.50. The molecule has 18 heavy (non-hydrogen) atoms. The predicted molar refractivity (Wildman–Crippen MR) is 74.7 cm³/mol. The quantitative estimate of drug-likeness (QED) is 0.870. The van der Waals surface area contributed by atoms with Crippen LogP contribution in [0, 0.1) is 12.8 Å². The highest BCUT2D eigenvalue weighted by molar-refractivity contribution is 5.42. The second-order valence-corrected chi connectivity index (χ2v) is 5.35. The van der Waals surface area contributed by atoms with E-state index in [-0.39, 0.29) is 0 Å². The molecule has 0 saturated carbocycles. The summed E-state index contributed by atoms with van der Waals surface area (Å²) < 4.78 is 0. The molecule has 1 fully saturated rings. The van der Waals surface area contributed by atoms with Crippen LogP contribution in [0.25, 0.3) is 0 Å². The number of anilines is 2. The molecule has 1 aromatic rings. The molecule has 0 radical (unpaired) electrons. The van der Waals surface area contributed by atoms with Crippen molar-refractivity contribution in [3.8, 4) is 0 Å². The van der Waals surface area contributed by atoms with E-state index in [1.807, 2.05) is 13.0 Å². The SMILES string of the molecule is Cc1cc(N(C)CC2CCN(C)CC2)nc(N)n1. The van der Waals surface area contributed by atoms with Gasteiger partial charge in [-0.1, -0.05) is 0 Å². The molecule has 0 spiro atoms. The van der Waals surface area contributed by atoms with E-state index in [1.165, 1.54) is 25.9 Å². The van der Waals surface area contributed by atoms with Crippen LogP contribution in [0.5, 0.6) is 0 Å². The van der Waals surface area contributed by atoms with Gasteiger partial charge < -0.3 is 15.5 Å². The molecule has 0 amide bonds. The Kier molecular flexibility index (Phi) is 4.01. The monoisotopic (exact) mass is 249 g/mol. The van der Waals surface area contributed by atoms with E-state index in [9.17, 15) is 0 Å². The van der Waals surface area contributed by atoms with E-state index in [0.717, 1.165) is 24.0 Å². The number of piperidine rings is 1. The van der Waals surface area contributed by atoms with Crippen molar-refractivity contribution in [2.24, 2.45) is 5.92 Å². The van der Waals surface area contributed by atoms with Crippen molar-refractivity contribution in [3.63, 3.8) is 0 Å². The van der Waals surface area contributed by atoms with Gasteiger partial charge in [-0.3, -0.25) is 0 Å². The van der Waals surface area contributed by atoms with Crippen molar-refractivity contribution in [1.82, 2.24) is 14.9 Å². The zero-order valence-corrected chi connectivity index (χ0v) is 11.6. The van der Waals surface area contributed by atoms with E-state index in [1.54, 1.807) is 0 Å². The zero-order valence-electron chi connectivity index (χ0n) is 11.6. The molecule has 5 nitrogen and oxygen atoms in total. The van der Waals surface area contributed by atoms with Gasteiger partial charge in [0.2, 0.25) is 5.95 Å². The average Bonchev–Trinajstić information content (AvgIpc) is 2.31. The van der Waals surface area contributed by atoms with Gasteiger partial charge in [0.15, 0.2) is 0 Å². The normalized spacial score (nSPS) is 17.9. The van der Waals surface area contributed by atoms with Gasteiger partial charge in [0.1, 0.15) is 5.82 Å². The van der Waals surface area contributed by atoms with E-state index >= 15 is 0 Å². The summed E-state index contributed by atoms with van der Waals surface area (Å²) >= 11 is 0. The van der Waals surface area contributed by atoms with Crippen LogP contribution in [0.15, 0.2) is 6.07 Å². The number of hydrogen-bond acceptors (Lipinski definition) is 5. The molecule has 0 aliphatic carbocycles. The molecule has 0 bridgehead atoms. The third kappa shape index (κ3) is 3.32. The third-order valence-corrected chi connectivity index (χ3v) is 3.62. The predicted octanol–water partition coefficient (Wildman–Crippen LogP) is 1.15. The van der Waals surface area contributed by atoms with Gasteiger partial charge in [-0.2, -0.15) is 4.98 Å². The average molecular weight is 249 g/mol. The van der Waals surface area contributed by atoms with Crippen molar-refractivity contribution < 1.29 is 0 Å². The minimum Gasteiger partial charge on any atom is -0.368 e. The van der Waals surface area contributed by atoms with Crippen LogP contribution in [0.2, 0.25) is 0 Å². The van der Waals surface area contributed by atoms with Gasteiger partial charge in [0, 0.05) is 25.4 Å². The minimum absolute atomic E-state index is 0.361. The molecule has 1 aliphatic heterocycles. The number of nitrogens with two attached hydrogens (primary N) is 1. The van der Waals surface area contributed by atoms with Gasteiger partial charge in [-0.15, -0.1) is 0 Å². The minimum atomic E-state index is 0.361. The molecule has 0 atom stereocenters. The Labute approximate surface area is 109 Å². The van der Waals surface area contributed by atoms with E-state index in [2.05, 4.69) is 33.9 Å². The number of nitrogen functional groups attached to an aromatic ring is 1. The standard InChI is InChI=1S/C13H23N5/c1-10-8-12(16-13(14)15-10)18(3)9-11-4-6-17(2)7-5-11/h8,11H,4-7,9H2,1-3H3,(H2,14,15,16). The van der Waals surface area contributed by atoms with Gasteiger partial charge in [-0.05, 0) is 45.8 Å². The van der Waals surface area contributed by atoms with E-state index < -0.39 is 0 Å². The number of aryl methyl sites for hydroxylation is 1. The summed E-state index contributed by atoms with van der Waals surface area (Å²) in [6.07, 6.45) is 2.53. The maximum Gasteiger partial charge on any atom is 0.222 e.